The molecule has 4 amide bonds. The van der Waals surface area contributed by atoms with Gasteiger partial charge in [0.05, 0.1) is 25.8 Å². The lowest BCUT2D eigenvalue weighted by atomic mass is 10.0. The summed E-state index contributed by atoms with van der Waals surface area (Å²) in [5, 5.41) is 8.23. The standard InChI is InChI=1S/C46H46N4O8S2/c1-6-57-44(54)38-35-24-25-50(45(55)58-46(2,3)4)28-37(35)60-43(38)49-42(53)39(30-14-9-7-10-15-30)59-34-19-13-18-32(27-34)47-41(52)36(26-29-20-22-33(56-5)23-21-29)48-40(51)31-16-11-8-12-17-31/h7-23,26-27,39H,6,24-25,28H2,1-5H3,(H,47,52)(H,48,51)(H,49,53)/b36-26+. The largest absolute Gasteiger partial charge is 0.497 e. The molecule has 310 valence electrons. The molecule has 0 saturated heterocycles. The van der Waals surface area contributed by atoms with Gasteiger partial charge in [-0.2, -0.15) is 0 Å². The molecule has 1 aliphatic heterocycles. The molecule has 0 aliphatic carbocycles. The summed E-state index contributed by atoms with van der Waals surface area (Å²) in [7, 11) is 1.56. The number of carbonyl (C=O) groups is 5. The number of thiophene rings is 1. The number of hydrogen-bond donors (Lipinski definition) is 3. The minimum absolute atomic E-state index is 0.0129. The van der Waals surface area contributed by atoms with E-state index >= 15 is 0 Å². The molecule has 1 unspecified atom stereocenters. The summed E-state index contributed by atoms with van der Waals surface area (Å²) in [6, 6.07) is 31.9. The maximum atomic E-state index is 14.4. The van der Waals surface area contributed by atoms with Crippen LogP contribution in [0.1, 0.15) is 75.2 Å². The number of thioether (sulfide) groups is 1. The number of esters is 1. The van der Waals surface area contributed by atoms with E-state index in [0.717, 1.165) is 10.4 Å². The average Bonchev–Trinajstić information content (AvgIpc) is 3.60. The molecule has 0 bridgehead atoms. The molecular formula is C46H46N4O8S2. The van der Waals surface area contributed by atoms with Gasteiger partial charge in [-0.25, -0.2) is 9.59 Å². The molecule has 0 radical (unpaired) electrons. The number of carbonyl (C=O) groups excluding carboxylic acids is 5. The SMILES string of the molecule is CCOC(=O)c1c(NC(=O)C(Sc2cccc(NC(=O)/C(=C\c3ccc(OC)cc3)NC(=O)c3ccccc3)c2)c2ccccc2)sc2c1CCN(C(=O)OC(C)(C)C)C2. The number of benzene rings is 4. The molecule has 3 N–H and O–H groups in total. The fourth-order valence-corrected chi connectivity index (χ4v) is 8.60. The van der Waals surface area contributed by atoms with Crippen molar-refractivity contribution in [2.75, 3.05) is 30.9 Å². The molecule has 6 rings (SSSR count). The zero-order valence-electron chi connectivity index (χ0n) is 33.9. The first-order chi connectivity index (χ1) is 28.8. The normalized spacial score (nSPS) is 13.0. The third-order valence-corrected chi connectivity index (χ3v) is 11.4. The maximum Gasteiger partial charge on any atom is 0.410 e. The Balaban J connectivity index is 1.25. The van der Waals surface area contributed by atoms with Crippen molar-refractivity contribution in [3.8, 4) is 5.75 Å². The molecule has 1 aliphatic rings. The summed E-state index contributed by atoms with van der Waals surface area (Å²) in [6.45, 7) is 7.84. The van der Waals surface area contributed by atoms with E-state index in [1.54, 1.807) is 119 Å². The van der Waals surface area contributed by atoms with Gasteiger partial charge in [0.2, 0.25) is 5.91 Å². The van der Waals surface area contributed by atoms with Crippen LogP contribution in [-0.4, -0.2) is 60.5 Å². The smallest absolute Gasteiger partial charge is 0.410 e. The minimum Gasteiger partial charge on any atom is -0.497 e. The summed E-state index contributed by atoms with van der Waals surface area (Å²) >= 11 is 2.50. The van der Waals surface area contributed by atoms with Gasteiger partial charge in [-0.3, -0.25) is 14.4 Å². The second-order valence-corrected chi connectivity index (χ2v) is 16.9. The fourth-order valence-electron chi connectivity index (χ4n) is 6.26. The van der Waals surface area contributed by atoms with Crippen molar-refractivity contribution in [3.05, 3.63) is 148 Å². The molecule has 14 heteroatoms. The molecule has 4 aromatic carbocycles. The molecule has 12 nitrogen and oxygen atoms in total. The summed E-state index contributed by atoms with van der Waals surface area (Å²) in [5.41, 5.74) is 2.54. The van der Waals surface area contributed by atoms with E-state index in [0.29, 0.717) is 51.0 Å². The Morgan fingerprint density at radius 2 is 1.58 bits per heavy atom. The Labute approximate surface area is 357 Å². The molecule has 2 heterocycles. The Kier molecular flexibility index (Phi) is 14.1. The van der Waals surface area contributed by atoms with Crippen LogP contribution in [0.25, 0.3) is 6.08 Å². The van der Waals surface area contributed by atoms with Crippen LogP contribution in [-0.2, 0) is 32.0 Å². The lowest BCUT2D eigenvalue weighted by molar-refractivity contribution is -0.116. The predicted octanol–water partition coefficient (Wildman–Crippen LogP) is 9.11. The highest BCUT2D eigenvalue weighted by Gasteiger charge is 2.34. The van der Waals surface area contributed by atoms with Gasteiger partial charge in [0.15, 0.2) is 0 Å². The van der Waals surface area contributed by atoms with E-state index in [4.69, 9.17) is 14.2 Å². The molecule has 1 atom stereocenters. The highest BCUT2D eigenvalue weighted by Crippen LogP contribution is 2.41. The monoisotopic (exact) mass is 846 g/mol. The number of nitrogens with one attached hydrogen (secondary N) is 3. The number of methoxy groups -OCH3 is 1. The fraction of sp³-hybridized carbons (Fsp3) is 0.239. The number of fused-ring (bicyclic) bond motifs is 1. The number of anilines is 2. The topological polar surface area (TPSA) is 152 Å². The van der Waals surface area contributed by atoms with E-state index in [1.807, 2.05) is 36.4 Å². The molecular weight excluding hydrogens is 801 g/mol. The Bertz CT molecular complexity index is 2370. The summed E-state index contributed by atoms with van der Waals surface area (Å²) < 4.78 is 16.3. The van der Waals surface area contributed by atoms with Gasteiger partial charge < -0.3 is 35.1 Å². The predicted molar refractivity (Wildman–Crippen MR) is 234 cm³/mol. The quantitative estimate of drug-likeness (QED) is 0.0599. The van der Waals surface area contributed by atoms with E-state index in [2.05, 4.69) is 16.0 Å². The third-order valence-electron chi connectivity index (χ3n) is 9.07. The molecule has 60 heavy (non-hydrogen) atoms. The zero-order valence-corrected chi connectivity index (χ0v) is 35.5. The van der Waals surface area contributed by atoms with Gasteiger partial charge in [-0.1, -0.05) is 66.7 Å². The first-order valence-electron chi connectivity index (χ1n) is 19.3. The van der Waals surface area contributed by atoms with Gasteiger partial charge in [0.1, 0.15) is 27.3 Å². The van der Waals surface area contributed by atoms with Gasteiger partial charge in [0, 0.05) is 27.6 Å². The van der Waals surface area contributed by atoms with Crippen LogP contribution >= 0.6 is 23.1 Å². The van der Waals surface area contributed by atoms with Crippen LogP contribution in [0.15, 0.2) is 120 Å². The van der Waals surface area contributed by atoms with Gasteiger partial charge in [-0.15, -0.1) is 23.1 Å². The van der Waals surface area contributed by atoms with Crippen molar-refractivity contribution in [2.24, 2.45) is 0 Å². The second kappa shape index (κ2) is 19.6. The number of amides is 4. The van der Waals surface area contributed by atoms with Crippen LogP contribution in [0.2, 0.25) is 0 Å². The van der Waals surface area contributed by atoms with Gasteiger partial charge in [0.25, 0.3) is 11.8 Å². The van der Waals surface area contributed by atoms with Crippen molar-refractivity contribution >= 4 is 69.6 Å². The maximum absolute atomic E-state index is 14.4. The summed E-state index contributed by atoms with van der Waals surface area (Å²) in [4.78, 5) is 70.8. The Morgan fingerprint density at radius 3 is 2.25 bits per heavy atom. The van der Waals surface area contributed by atoms with Crippen molar-refractivity contribution in [2.45, 2.75) is 56.4 Å². The van der Waals surface area contributed by atoms with Crippen LogP contribution in [0.5, 0.6) is 5.75 Å². The van der Waals surface area contributed by atoms with E-state index in [9.17, 15) is 24.0 Å². The highest BCUT2D eigenvalue weighted by atomic mass is 32.2. The lowest BCUT2D eigenvalue weighted by Gasteiger charge is -2.30. The minimum atomic E-state index is -0.791. The summed E-state index contributed by atoms with van der Waals surface area (Å²) in [6.07, 6.45) is 1.51. The molecule has 0 saturated carbocycles. The molecule has 0 spiro atoms. The Morgan fingerprint density at radius 1 is 0.883 bits per heavy atom. The van der Waals surface area contributed by atoms with Crippen molar-refractivity contribution in [1.29, 1.82) is 0 Å². The first kappa shape index (κ1) is 43.2. The zero-order chi connectivity index (χ0) is 42.8. The lowest BCUT2D eigenvalue weighted by Crippen LogP contribution is -2.39. The molecule has 5 aromatic rings. The first-order valence-corrected chi connectivity index (χ1v) is 21.0. The number of ether oxygens (including phenoxy) is 3. The van der Waals surface area contributed by atoms with Gasteiger partial charge >= 0.3 is 12.1 Å². The molecule has 0 fully saturated rings. The van der Waals surface area contributed by atoms with Gasteiger partial charge in [-0.05, 0) is 99.3 Å². The second-order valence-electron chi connectivity index (χ2n) is 14.6. The Hall–Kier alpha value is -6.38. The highest BCUT2D eigenvalue weighted by molar-refractivity contribution is 8.00. The molecule has 1 aromatic heterocycles. The van der Waals surface area contributed by atoms with Crippen LogP contribution in [0.3, 0.4) is 0 Å². The van der Waals surface area contributed by atoms with Crippen molar-refractivity contribution < 1.29 is 38.2 Å². The van der Waals surface area contributed by atoms with Crippen molar-refractivity contribution in [3.63, 3.8) is 0 Å². The van der Waals surface area contributed by atoms with Crippen molar-refractivity contribution in [1.82, 2.24) is 10.2 Å². The van der Waals surface area contributed by atoms with Crippen LogP contribution < -0.4 is 20.7 Å². The third kappa shape index (κ3) is 11.2. The van der Waals surface area contributed by atoms with E-state index in [-0.39, 0.29) is 30.3 Å². The van der Waals surface area contributed by atoms with E-state index in [1.165, 1.54) is 23.1 Å². The number of nitrogens with zero attached hydrogens (tertiary/aromatic N) is 1. The van der Waals surface area contributed by atoms with E-state index < -0.39 is 34.7 Å². The number of hydrogen-bond acceptors (Lipinski definition) is 10. The summed E-state index contributed by atoms with van der Waals surface area (Å²) in [5.74, 6) is -1.31. The average molecular weight is 847 g/mol. The number of rotatable bonds is 13. The van der Waals surface area contributed by atoms with Crippen LogP contribution in [0.4, 0.5) is 15.5 Å². The van der Waals surface area contributed by atoms with Crippen LogP contribution in [0, 0.1) is 0 Å².